The molecular formula is C10H13N2O5S-. The van der Waals surface area contributed by atoms with Crippen molar-refractivity contribution in [2.45, 2.75) is 12.5 Å². The lowest BCUT2D eigenvalue weighted by Crippen LogP contribution is -2.32. The van der Waals surface area contributed by atoms with Gasteiger partial charge in [0.15, 0.2) is 0 Å². The molecule has 18 heavy (non-hydrogen) atoms. The number of hydrogen-bond acceptors (Lipinski definition) is 6. The first kappa shape index (κ1) is 14.6. The first-order chi connectivity index (χ1) is 8.40. The normalized spacial score (nSPS) is 13.9. The van der Waals surface area contributed by atoms with Crippen LogP contribution in [0.3, 0.4) is 0 Å². The highest BCUT2D eigenvalue weighted by Gasteiger charge is 2.12. The molecule has 1 aromatic rings. The smallest absolute Gasteiger partial charge is 0.320 e. The summed E-state index contributed by atoms with van der Waals surface area (Å²) in [4.78, 5) is 10.6. The van der Waals surface area contributed by atoms with Gasteiger partial charge in [-0.05, 0) is 24.1 Å². The summed E-state index contributed by atoms with van der Waals surface area (Å²) >= 11 is -2.64. The largest absolute Gasteiger partial charge is 0.748 e. The lowest BCUT2D eigenvalue weighted by Gasteiger charge is -2.19. The molecule has 1 aromatic carbocycles. The number of hydroxylamine groups is 1. The van der Waals surface area contributed by atoms with Crippen molar-refractivity contribution in [2.75, 3.05) is 12.1 Å². The van der Waals surface area contributed by atoms with Crippen LogP contribution in [0.2, 0.25) is 0 Å². The Hall–Kier alpha value is -1.48. The molecule has 0 bridgehead atoms. The standard InChI is InChI=1S/C10H14N2O5S/c1-12(17-18(15)16)8-4-2-7(3-5-8)6-9(11)10(13)14/h2-5,9H,6,11H2,1H3,(H,13,14)(H,15,16)/p-1/t9-/m0/s1. The van der Waals surface area contributed by atoms with Crippen LogP contribution in [0.1, 0.15) is 5.56 Å². The maximum absolute atomic E-state index is 10.6. The molecule has 0 spiro atoms. The van der Waals surface area contributed by atoms with Crippen molar-refractivity contribution < 1.29 is 22.9 Å². The second-order valence-corrected chi connectivity index (χ2v) is 4.15. The number of nitrogens with two attached hydrogens (primary N) is 1. The van der Waals surface area contributed by atoms with E-state index in [2.05, 4.69) is 4.28 Å². The molecule has 3 N–H and O–H groups in total. The van der Waals surface area contributed by atoms with Crippen LogP contribution < -0.4 is 10.8 Å². The van der Waals surface area contributed by atoms with Crippen LogP contribution in [0, 0.1) is 0 Å². The lowest BCUT2D eigenvalue weighted by molar-refractivity contribution is -0.138. The monoisotopic (exact) mass is 273 g/mol. The molecule has 0 aliphatic carbocycles. The van der Waals surface area contributed by atoms with E-state index in [0.29, 0.717) is 5.69 Å². The number of carboxylic acids is 1. The van der Waals surface area contributed by atoms with E-state index in [1.807, 2.05) is 0 Å². The third-order valence-electron chi connectivity index (χ3n) is 2.25. The number of nitrogens with zero attached hydrogens (tertiary/aromatic N) is 1. The van der Waals surface area contributed by atoms with E-state index in [-0.39, 0.29) is 6.42 Å². The van der Waals surface area contributed by atoms with E-state index in [1.54, 1.807) is 24.3 Å². The summed E-state index contributed by atoms with van der Waals surface area (Å²) in [6, 6.07) is 5.57. The fourth-order valence-corrected chi connectivity index (χ4v) is 1.59. The predicted octanol–water partition coefficient (Wildman–Crippen LogP) is -0.197. The number of aliphatic carboxylic acids is 1. The maximum atomic E-state index is 10.6. The van der Waals surface area contributed by atoms with E-state index in [4.69, 9.17) is 10.8 Å². The second kappa shape index (κ2) is 6.45. The molecule has 0 amide bonds. The van der Waals surface area contributed by atoms with Gasteiger partial charge in [0.2, 0.25) is 0 Å². The molecule has 0 aliphatic heterocycles. The van der Waals surface area contributed by atoms with Gasteiger partial charge in [-0.15, -0.1) is 0 Å². The molecule has 0 heterocycles. The Morgan fingerprint density at radius 1 is 1.56 bits per heavy atom. The van der Waals surface area contributed by atoms with Gasteiger partial charge in [0, 0.05) is 7.05 Å². The van der Waals surface area contributed by atoms with E-state index in [0.717, 1.165) is 10.6 Å². The zero-order valence-corrected chi connectivity index (χ0v) is 10.4. The predicted molar refractivity (Wildman–Crippen MR) is 64.2 cm³/mol. The third kappa shape index (κ3) is 4.41. The van der Waals surface area contributed by atoms with Gasteiger partial charge in [-0.2, -0.15) is 4.28 Å². The van der Waals surface area contributed by atoms with Crippen molar-refractivity contribution in [1.29, 1.82) is 0 Å². The van der Waals surface area contributed by atoms with Crippen molar-refractivity contribution in [3.63, 3.8) is 0 Å². The topological polar surface area (TPSA) is 116 Å². The first-order valence-electron chi connectivity index (χ1n) is 4.99. The molecular weight excluding hydrogens is 260 g/mol. The average Bonchev–Trinajstić information content (AvgIpc) is 2.28. The third-order valence-corrected chi connectivity index (χ3v) is 2.59. The van der Waals surface area contributed by atoms with Gasteiger partial charge in [-0.3, -0.25) is 4.79 Å². The van der Waals surface area contributed by atoms with Crippen LogP contribution in [-0.4, -0.2) is 32.9 Å². The number of carbonyl (C=O) groups is 1. The highest BCUT2D eigenvalue weighted by Crippen LogP contribution is 2.15. The first-order valence-corrected chi connectivity index (χ1v) is 5.99. The maximum Gasteiger partial charge on any atom is 0.320 e. The molecule has 8 heteroatoms. The van der Waals surface area contributed by atoms with E-state index in [9.17, 15) is 13.6 Å². The quantitative estimate of drug-likeness (QED) is 0.544. The Bertz CT molecular complexity index is 436. The zero-order valence-electron chi connectivity index (χ0n) is 9.61. The van der Waals surface area contributed by atoms with Crippen LogP contribution >= 0.6 is 0 Å². The van der Waals surface area contributed by atoms with Crippen LogP contribution in [0.15, 0.2) is 24.3 Å². The second-order valence-electron chi connectivity index (χ2n) is 3.59. The van der Waals surface area contributed by atoms with Crippen LogP contribution in [0.25, 0.3) is 0 Å². The van der Waals surface area contributed by atoms with Gasteiger partial charge in [0.1, 0.15) is 17.4 Å². The number of anilines is 1. The van der Waals surface area contributed by atoms with Gasteiger partial charge in [0.05, 0.1) is 5.69 Å². The molecule has 100 valence electrons. The molecule has 0 saturated carbocycles. The molecule has 0 radical (unpaired) electrons. The molecule has 2 atom stereocenters. The van der Waals surface area contributed by atoms with E-state index < -0.39 is 23.4 Å². The minimum atomic E-state index is -2.64. The molecule has 0 aromatic heterocycles. The van der Waals surface area contributed by atoms with Gasteiger partial charge in [0.25, 0.3) is 0 Å². The van der Waals surface area contributed by atoms with Gasteiger partial charge < -0.3 is 15.4 Å². The summed E-state index contributed by atoms with van der Waals surface area (Å²) in [6.07, 6.45) is 0.202. The van der Waals surface area contributed by atoms with Crippen LogP contribution in [-0.2, 0) is 26.9 Å². The Labute approximate surface area is 107 Å². The number of benzene rings is 1. The summed E-state index contributed by atoms with van der Waals surface area (Å²) in [5, 5.41) is 9.74. The lowest BCUT2D eigenvalue weighted by atomic mass is 10.1. The molecule has 0 saturated heterocycles. The van der Waals surface area contributed by atoms with Crippen LogP contribution in [0.5, 0.6) is 0 Å². The van der Waals surface area contributed by atoms with Crippen molar-refractivity contribution in [3.8, 4) is 0 Å². The van der Waals surface area contributed by atoms with Crippen molar-refractivity contribution in [3.05, 3.63) is 29.8 Å². The Morgan fingerprint density at radius 3 is 2.56 bits per heavy atom. The Balaban J connectivity index is 2.68. The number of carboxylic acid groups (broad SMARTS) is 1. The molecule has 7 nitrogen and oxygen atoms in total. The van der Waals surface area contributed by atoms with E-state index in [1.165, 1.54) is 7.05 Å². The summed E-state index contributed by atoms with van der Waals surface area (Å²) in [5.41, 5.74) is 6.66. The van der Waals surface area contributed by atoms with E-state index >= 15 is 0 Å². The fraction of sp³-hybridized carbons (Fsp3) is 0.300. The fourth-order valence-electron chi connectivity index (χ4n) is 1.32. The Kier molecular flexibility index (Phi) is 5.23. The van der Waals surface area contributed by atoms with Gasteiger partial charge in [-0.25, -0.2) is 9.27 Å². The molecule has 0 fully saturated rings. The van der Waals surface area contributed by atoms with Gasteiger partial charge >= 0.3 is 5.97 Å². The van der Waals surface area contributed by atoms with Crippen molar-refractivity contribution >= 4 is 23.0 Å². The molecule has 0 aliphatic rings. The summed E-state index contributed by atoms with van der Waals surface area (Å²) in [6.45, 7) is 0. The number of hydrogen-bond donors (Lipinski definition) is 2. The average molecular weight is 273 g/mol. The number of rotatable bonds is 6. The molecule has 1 rings (SSSR count). The SMILES string of the molecule is CN(OS(=O)[O-])c1ccc(C[C@H](N)C(=O)O)cc1. The minimum Gasteiger partial charge on any atom is -0.748 e. The highest BCUT2D eigenvalue weighted by atomic mass is 32.2. The molecule has 1 unspecified atom stereocenters. The zero-order chi connectivity index (χ0) is 13.7. The van der Waals surface area contributed by atoms with Crippen LogP contribution in [0.4, 0.5) is 5.69 Å². The van der Waals surface area contributed by atoms with Gasteiger partial charge in [-0.1, -0.05) is 12.1 Å². The highest BCUT2D eigenvalue weighted by molar-refractivity contribution is 7.74. The summed E-state index contributed by atoms with van der Waals surface area (Å²) < 4.78 is 25.1. The minimum absolute atomic E-state index is 0.202. The summed E-state index contributed by atoms with van der Waals surface area (Å²) in [7, 11) is 1.44. The van der Waals surface area contributed by atoms with Crippen molar-refractivity contribution in [2.24, 2.45) is 5.73 Å². The van der Waals surface area contributed by atoms with Crippen molar-refractivity contribution in [1.82, 2.24) is 0 Å². The summed E-state index contributed by atoms with van der Waals surface area (Å²) in [5.74, 6) is -1.07. The Morgan fingerprint density at radius 2 is 2.11 bits per heavy atom.